The van der Waals surface area contributed by atoms with Crippen molar-refractivity contribution in [1.29, 1.82) is 0 Å². The van der Waals surface area contributed by atoms with E-state index >= 15 is 0 Å². The van der Waals surface area contributed by atoms with Crippen LogP contribution in [0, 0.1) is 5.82 Å². The van der Waals surface area contributed by atoms with Crippen LogP contribution in [0.3, 0.4) is 0 Å². The number of rotatable bonds is 3. The molecule has 18 heavy (non-hydrogen) atoms. The van der Waals surface area contributed by atoms with E-state index in [2.05, 4.69) is 5.10 Å². The molecular weight excluding hydrogens is 255 g/mol. The number of hydrogen-bond acceptors (Lipinski definition) is 2. The van der Waals surface area contributed by atoms with Crippen molar-refractivity contribution in [3.8, 4) is 0 Å². The summed E-state index contributed by atoms with van der Waals surface area (Å²) >= 11 is 5.92. The molecule has 0 saturated carbocycles. The highest BCUT2D eigenvalue weighted by atomic mass is 35.5. The number of aromatic nitrogens is 2. The Morgan fingerprint density at radius 1 is 1.39 bits per heavy atom. The van der Waals surface area contributed by atoms with E-state index in [1.165, 1.54) is 18.3 Å². The Balaban J connectivity index is 2.38. The Morgan fingerprint density at radius 2 is 2.11 bits per heavy atom. The Hall–Kier alpha value is -1.39. The van der Waals surface area contributed by atoms with Crippen molar-refractivity contribution in [1.82, 2.24) is 9.78 Å². The molecule has 0 saturated heterocycles. The largest absolute Gasteiger partial charge is 0.383 e. The van der Waals surface area contributed by atoms with Crippen LogP contribution in [0.25, 0.3) is 0 Å². The van der Waals surface area contributed by atoms with Crippen LogP contribution in [0.4, 0.5) is 4.39 Å². The molecule has 0 aliphatic rings. The summed E-state index contributed by atoms with van der Waals surface area (Å²) in [5, 5.41) is 14.5. The zero-order valence-electron chi connectivity index (χ0n) is 10.1. The molecule has 1 N–H and O–H groups in total. The summed E-state index contributed by atoms with van der Waals surface area (Å²) in [4.78, 5) is 0. The molecule has 2 rings (SSSR count). The second-order valence-corrected chi connectivity index (χ2v) is 4.79. The third kappa shape index (κ3) is 2.40. The summed E-state index contributed by atoms with van der Waals surface area (Å²) in [5.41, 5.74) is 0.609. The summed E-state index contributed by atoms with van der Waals surface area (Å²) in [5.74, 6) is -0.521. The minimum atomic E-state index is -1.11. The number of nitrogens with zero attached hydrogens (tertiary/aromatic N) is 2. The van der Waals surface area contributed by atoms with Crippen molar-refractivity contribution in [3.05, 3.63) is 52.6 Å². The highest BCUT2D eigenvalue weighted by Crippen LogP contribution is 2.30. The van der Waals surface area contributed by atoms with E-state index in [1.54, 1.807) is 16.9 Å². The molecule has 0 fully saturated rings. The van der Waals surface area contributed by atoms with Crippen LogP contribution in [0.5, 0.6) is 0 Å². The van der Waals surface area contributed by atoms with Crippen LogP contribution in [-0.2, 0) is 0 Å². The van der Waals surface area contributed by atoms with Crippen LogP contribution < -0.4 is 0 Å². The van der Waals surface area contributed by atoms with E-state index in [-0.39, 0.29) is 16.6 Å². The second-order valence-electron chi connectivity index (χ2n) is 4.39. The van der Waals surface area contributed by atoms with Gasteiger partial charge in [-0.15, -0.1) is 0 Å². The van der Waals surface area contributed by atoms with Crippen LogP contribution in [-0.4, -0.2) is 14.9 Å². The van der Waals surface area contributed by atoms with Crippen LogP contribution in [0.15, 0.2) is 30.6 Å². The van der Waals surface area contributed by atoms with Crippen molar-refractivity contribution in [2.24, 2.45) is 0 Å². The fourth-order valence-electron chi connectivity index (χ4n) is 1.71. The number of aliphatic hydroxyl groups is 1. The van der Waals surface area contributed by atoms with Gasteiger partial charge in [0, 0.05) is 28.4 Å². The van der Waals surface area contributed by atoms with E-state index in [1.807, 2.05) is 13.8 Å². The molecule has 3 nitrogen and oxygen atoms in total. The molecule has 1 aromatic heterocycles. The number of aliphatic hydroxyl groups excluding tert-OH is 1. The molecule has 0 radical (unpaired) electrons. The monoisotopic (exact) mass is 268 g/mol. The van der Waals surface area contributed by atoms with Crippen LogP contribution in [0.1, 0.15) is 37.1 Å². The fraction of sp³-hybridized carbons (Fsp3) is 0.308. The molecule has 1 heterocycles. The SMILES string of the molecule is CC(C)n1cc(C(O)c2c(F)cccc2Cl)cn1. The number of halogens is 2. The maximum atomic E-state index is 13.7. The van der Waals surface area contributed by atoms with Gasteiger partial charge in [-0.05, 0) is 26.0 Å². The second kappa shape index (κ2) is 5.08. The number of hydrogen-bond donors (Lipinski definition) is 1. The van der Waals surface area contributed by atoms with Crippen molar-refractivity contribution >= 4 is 11.6 Å². The van der Waals surface area contributed by atoms with Crippen molar-refractivity contribution in [3.63, 3.8) is 0 Å². The topological polar surface area (TPSA) is 38.0 Å². The molecule has 0 bridgehead atoms. The van der Waals surface area contributed by atoms with Crippen molar-refractivity contribution in [2.45, 2.75) is 26.0 Å². The standard InChI is InChI=1S/C13H14ClFN2O/c1-8(2)17-7-9(6-16-17)13(18)12-10(14)4-3-5-11(12)15/h3-8,13,18H,1-2H3. The minimum absolute atomic E-state index is 0.0856. The predicted octanol–water partition coefficient (Wildman–Crippen LogP) is 3.34. The Labute approximate surface area is 110 Å². The maximum Gasteiger partial charge on any atom is 0.130 e. The predicted molar refractivity (Wildman–Crippen MR) is 68.1 cm³/mol. The molecule has 0 aliphatic heterocycles. The maximum absolute atomic E-state index is 13.7. The van der Waals surface area contributed by atoms with Gasteiger partial charge in [0.05, 0.1) is 6.20 Å². The van der Waals surface area contributed by atoms with Gasteiger partial charge in [0.15, 0.2) is 0 Å². The van der Waals surface area contributed by atoms with E-state index < -0.39 is 11.9 Å². The lowest BCUT2D eigenvalue weighted by molar-refractivity contribution is 0.215. The lowest BCUT2D eigenvalue weighted by Crippen LogP contribution is -2.03. The van der Waals surface area contributed by atoms with E-state index in [0.29, 0.717) is 5.56 Å². The average molecular weight is 269 g/mol. The van der Waals surface area contributed by atoms with E-state index in [0.717, 1.165) is 0 Å². The quantitative estimate of drug-likeness (QED) is 0.927. The third-order valence-corrected chi connectivity index (χ3v) is 3.07. The smallest absolute Gasteiger partial charge is 0.130 e. The van der Waals surface area contributed by atoms with Gasteiger partial charge in [-0.3, -0.25) is 4.68 Å². The molecular formula is C13H14ClFN2O. The summed E-state index contributed by atoms with van der Waals surface area (Å²) < 4.78 is 15.4. The summed E-state index contributed by atoms with van der Waals surface area (Å²) in [6.45, 7) is 3.94. The lowest BCUT2D eigenvalue weighted by Gasteiger charge is -2.12. The molecule has 2 aromatic rings. The van der Waals surface area contributed by atoms with Crippen LogP contribution >= 0.6 is 11.6 Å². The fourth-order valence-corrected chi connectivity index (χ4v) is 1.98. The van der Waals surface area contributed by atoms with Gasteiger partial charge in [-0.2, -0.15) is 5.10 Å². The first-order chi connectivity index (χ1) is 8.50. The average Bonchev–Trinajstić information content (AvgIpc) is 2.77. The van der Waals surface area contributed by atoms with Crippen LogP contribution in [0.2, 0.25) is 5.02 Å². The Bertz CT molecular complexity index is 533. The van der Waals surface area contributed by atoms with Gasteiger partial charge in [-0.25, -0.2) is 4.39 Å². The molecule has 0 amide bonds. The first-order valence-electron chi connectivity index (χ1n) is 5.66. The minimum Gasteiger partial charge on any atom is -0.383 e. The summed E-state index contributed by atoms with van der Waals surface area (Å²) in [6.07, 6.45) is 2.11. The molecule has 5 heteroatoms. The van der Waals surface area contributed by atoms with Gasteiger partial charge < -0.3 is 5.11 Å². The summed E-state index contributed by atoms with van der Waals surface area (Å²) in [7, 11) is 0. The molecule has 0 aliphatic carbocycles. The zero-order valence-corrected chi connectivity index (χ0v) is 10.9. The molecule has 96 valence electrons. The van der Waals surface area contributed by atoms with E-state index in [9.17, 15) is 9.50 Å². The first-order valence-corrected chi connectivity index (χ1v) is 6.04. The molecule has 0 spiro atoms. The van der Waals surface area contributed by atoms with Crippen molar-refractivity contribution in [2.75, 3.05) is 0 Å². The highest BCUT2D eigenvalue weighted by Gasteiger charge is 2.20. The Morgan fingerprint density at radius 3 is 2.67 bits per heavy atom. The summed E-state index contributed by atoms with van der Waals surface area (Å²) in [6, 6.07) is 4.51. The van der Waals surface area contributed by atoms with Gasteiger partial charge in [0.25, 0.3) is 0 Å². The Kier molecular flexibility index (Phi) is 3.68. The van der Waals surface area contributed by atoms with E-state index in [4.69, 9.17) is 11.6 Å². The lowest BCUT2D eigenvalue weighted by atomic mass is 10.0. The normalized spacial score (nSPS) is 13.0. The third-order valence-electron chi connectivity index (χ3n) is 2.74. The van der Waals surface area contributed by atoms with Gasteiger partial charge in [0.1, 0.15) is 11.9 Å². The van der Waals surface area contributed by atoms with Gasteiger partial charge in [-0.1, -0.05) is 17.7 Å². The number of benzene rings is 1. The highest BCUT2D eigenvalue weighted by molar-refractivity contribution is 6.31. The molecule has 1 aromatic carbocycles. The molecule has 1 unspecified atom stereocenters. The molecule has 1 atom stereocenters. The van der Waals surface area contributed by atoms with Crippen molar-refractivity contribution < 1.29 is 9.50 Å². The van der Waals surface area contributed by atoms with Gasteiger partial charge >= 0.3 is 0 Å². The first kappa shape index (κ1) is 13.1. The van der Waals surface area contributed by atoms with Gasteiger partial charge in [0.2, 0.25) is 0 Å². The zero-order chi connectivity index (χ0) is 13.3.